The molecule has 0 saturated heterocycles. The summed E-state index contributed by atoms with van der Waals surface area (Å²) in [6.45, 7) is 7.79. The van der Waals surface area contributed by atoms with Crippen LogP contribution in [0, 0.1) is 23.7 Å². The first kappa shape index (κ1) is 16.8. The van der Waals surface area contributed by atoms with Crippen molar-refractivity contribution in [2.75, 3.05) is 6.61 Å². The molecule has 22 heavy (non-hydrogen) atoms. The summed E-state index contributed by atoms with van der Waals surface area (Å²) in [5, 5.41) is 0. The summed E-state index contributed by atoms with van der Waals surface area (Å²) in [5.74, 6) is 0.584. The smallest absolute Gasteiger partial charge is 0.309 e. The molecule has 0 aromatic heterocycles. The van der Waals surface area contributed by atoms with E-state index in [4.69, 9.17) is 14.2 Å². The molecule has 0 unspecified atom stereocenters. The van der Waals surface area contributed by atoms with Crippen LogP contribution < -0.4 is 0 Å². The van der Waals surface area contributed by atoms with Gasteiger partial charge in [-0.15, -0.1) is 0 Å². The van der Waals surface area contributed by atoms with Crippen LogP contribution in [0.15, 0.2) is 11.8 Å². The number of rotatable bonds is 5. The van der Waals surface area contributed by atoms with Crippen molar-refractivity contribution in [3.8, 4) is 0 Å². The number of hydrogen-bond donors (Lipinski definition) is 0. The second kappa shape index (κ2) is 7.16. The highest BCUT2D eigenvalue weighted by molar-refractivity contribution is 5.69. The molecule has 4 atom stereocenters. The van der Waals surface area contributed by atoms with Crippen molar-refractivity contribution in [3.05, 3.63) is 11.8 Å². The normalized spacial score (nSPS) is 30.3. The Labute approximate surface area is 132 Å². The average Bonchev–Trinajstić information content (AvgIpc) is 2.79. The molecule has 0 radical (unpaired) electrons. The monoisotopic (exact) mass is 310 g/mol. The molecule has 124 valence electrons. The highest BCUT2D eigenvalue weighted by Crippen LogP contribution is 2.46. The van der Waals surface area contributed by atoms with Gasteiger partial charge in [-0.25, -0.2) is 0 Å². The zero-order valence-electron chi connectivity index (χ0n) is 13.8. The van der Waals surface area contributed by atoms with E-state index in [2.05, 4.69) is 6.92 Å². The molecule has 5 heteroatoms. The molecule has 2 aliphatic rings. The molecule has 0 amide bonds. The summed E-state index contributed by atoms with van der Waals surface area (Å²) in [6, 6.07) is 0. The van der Waals surface area contributed by atoms with Crippen LogP contribution in [0.2, 0.25) is 0 Å². The van der Waals surface area contributed by atoms with Crippen molar-refractivity contribution in [2.24, 2.45) is 23.7 Å². The molecule has 0 N–H and O–H groups in total. The molecule has 0 aromatic rings. The van der Waals surface area contributed by atoms with Crippen molar-refractivity contribution in [2.45, 2.75) is 53.2 Å². The summed E-state index contributed by atoms with van der Waals surface area (Å²) in [6.07, 6.45) is 3.58. The molecular weight excluding hydrogens is 284 g/mol. The van der Waals surface area contributed by atoms with Crippen molar-refractivity contribution in [1.29, 1.82) is 0 Å². The van der Waals surface area contributed by atoms with E-state index in [0.717, 1.165) is 18.4 Å². The maximum atomic E-state index is 11.9. The molecule has 0 spiro atoms. The first-order chi connectivity index (χ1) is 10.4. The highest BCUT2D eigenvalue weighted by Gasteiger charge is 2.46. The van der Waals surface area contributed by atoms with Crippen LogP contribution in [0.1, 0.15) is 47.0 Å². The SMILES string of the molecule is CC(=O)OCC1=CO[C@@H](OC(=O)CC(C)C)[C@H]2[C@@H]1CC[C@@H]2C. The van der Waals surface area contributed by atoms with E-state index in [1.807, 2.05) is 13.8 Å². The molecular formula is C17H26O5. The fourth-order valence-corrected chi connectivity index (χ4v) is 3.39. The van der Waals surface area contributed by atoms with Crippen molar-refractivity contribution in [3.63, 3.8) is 0 Å². The zero-order chi connectivity index (χ0) is 16.3. The van der Waals surface area contributed by atoms with Crippen LogP contribution in [0.25, 0.3) is 0 Å². The second-order valence-corrected chi connectivity index (χ2v) is 6.80. The minimum absolute atomic E-state index is 0.145. The Kier molecular flexibility index (Phi) is 5.48. The molecule has 0 aromatic carbocycles. The quantitative estimate of drug-likeness (QED) is 0.730. The molecule has 1 heterocycles. The van der Waals surface area contributed by atoms with E-state index in [1.54, 1.807) is 6.26 Å². The van der Waals surface area contributed by atoms with Gasteiger partial charge in [0.05, 0.1) is 6.26 Å². The summed E-state index contributed by atoms with van der Waals surface area (Å²) in [7, 11) is 0. The second-order valence-electron chi connectivity index (χ2n) is 6.80. The van der Waals surface area contributed by atoms with Crippen molar-refractivity contribution < 1.29 is 23.8 Å². The molecule has 2 rings (SSSR count). The Morgan fingerprint density at radius 3 is 2.73 bits per heavy atom. The topological polar surface area (TPSA) is 61.8 Å². The molecule has 1 aliphatic heterocycles. The van der Waals surface area contributed by atoms with Gasteiger partial charge in [-0.05, 0) is 30.6 Å². The van der Waals surface area contributed by atoms with E-state index >= 15 is 0 Å². The molecule has 1 aliphatic carbocycles. The van der Waals surface area contributed by atoms with Gasteiger partial charge >= 0.3 is 11.9 Å². The Morgan fingerprint density at radius 2 is 2.09 bits per heavy atom. The van der Waals surface area contributed by atoms with Crippen LogP contribution in [-0.4, -0.2) is 24.8 Å². The minimum atomic E-state index is -0.519. The summed E-state index contributed by atoms with van der Waals surface area (Å²) in [4.78, 5) is 22.9. The minimum Gasteiger partial charge on any atom is -0.462 e. The maximum absolute atomic E-state index is 11.9. The molecule has 1 fully saturated rings. The predicted octanol–water partition coefficient (Wildman–Crippen LogP) is 3.04. The van der Waals surface area contributed by atoms with E-state index in [0.29, 0.717) is 12.3 Å². The fourth-order valence-electron chi connectivity index (χ4n) is 3.39. The van der Waals surface area contributed by atoms with E-state index in [1.165, 1.54) is 6.92 Å². The number of hydrogen-bond acceptors (Lipinski definition) is 5. The van der Waals surface area contributed by atoms with E-state index < -0.39 is 6.29 Å². The van der Waals surface area contributed by atoms with Gasteiger partial charge in [0.1, 0.15) is 6.61 Å². The van der Waals surface area contributed by atoms with Crippen LogP contribution in [-0.2, 0) is 23.8 Å². The lowest BCUT2D eigenvalue weighted by Gasteiger charge is -2.35. The van der Waals surface area contributed by atoms with Crippen molar-refractivity contribution in [1.82, 2.24) is 0 Å². The fraction of sp³-hybridized carbons (Fsp3) is 0.765. The van der Waals surface area contributed by atoms with Gasteiger partial charge in [0.25, 0.3) is 0 Å². The standard InChI is InChI=1S/C17H26O5/c1-10(2)7-15(19)22-17-16-11(3)5-6-14(16)13(9-21-17)8-20-12(4)18/h9-11,14,16-17H,5-8H2,1-4H3/t11-,14+,16+,17-/m0/s1. The number of fused-ring (bicyclic) bond motifs is 1. The largest absolute Gasteiger partial charge is 0.462 e. The van der Waals surface area contributed by atoms with Gasteiger partial charge in [0, 0.05) is 24.8 Å². The lowest BCUT2D eigenvalue weighted by atomic mass is 9.84. The third kappa shape index (κ3) is 4.02. The van der Waals surface area contributed by atoms with Gasteiger partial charge in [-0.1, -0.05) is 20.8 Å². The van der Waals surface area contributed by atoms with Gasteiger partial charge < -0.3 is 14.2 Å². The number of carbonyl (C=O) groups excluding carboxylic acids is 2. The number of ether oxygens (including phenoxy) is 3. The van der Waals surface area contributed by atoms with Crippen molar-refractivity contribution >= 4 is 11.9 Å². The third-order valence-electron chi connectivity index (χ3n) is 4.46. The number of carbonyl (C=O) groups is 2. The Hall–Kier alpha value is -1.52. The molecule has 0 bridgehead atoms. The first-order valence-electron chi connectivity index (χ1n) is 8.05. The Balaban J connectivity index is 2.04. The third-order valence-corrected chi connectivity index (χ3v) is 4.46. The predicted molar refractivity (Wildman–Crippen MR) is 80.5 cm³/mol. The first-order valence-corrected chi connectivity index (χ1v) is 8.05. The summed E-state index contributed by atoms with van der Waals surface area (Å²) in [5.41, 5.74) is 0.987. The lowest BCUT2D eigenvalue weighted by molar-refractivity contribution is -0.188. The highest BCUT2D eigenvalue weighted by atomic mass is 16.7. The van der Waals surface area contributed by atoms with Crippen LogP contribution in [0.4, 0.5) is 0 Å². The Bertz CT molecular complexity index is 454. The van der Waals surface area contributed by atoms with Gasteiger partial charge in [-0.2, -0.15) is 0 Å². The Morgan fingerprint density at radius 1 is 1.36 bits per heavy atom. The zero-order valence-corrected chi connectivity index (χ0v) is 13.8. The van der Waals surface area contributed by atoms with Crippen LogP contribution >= 0.6 is 0 Å². The van der Waals surface area contributed by atoms with Gasteiger partial charge in [0.2, 0.25) is 6.29 Å². The number of esters is 2. The van der Waals surface area contributed by atoms with Crippen LogP contribution in [0.3, 0.4) is 0 Å². The van der Waals surface area contributed by atoms with Gasteiger partial charge in [-0.3, -0.25) is 9.59 Å². The maximum Gasteiger partial charge on any atom is 0.309 e. The molecule has 1 saturated carbocycles. The van der Waals surface area contributed by atoms with E-state index in [-0.39, 0.29) is 36.3 Å². The summed E-state index contributed by atoms with van der Waals surface area (Å²) >= 11 is 0. The van der Waals surface area contributed by atoms with Crippen LogP contribution in [0.5, 0.6) is 0 Å². The van der Waals surface area contributed by atoms with E-state index in [9.17, 15) is 9.59 Å². The lowest BCUT2D eigenvalue weighted by Crippen LogP contribution is -2.38. The van der Waals surface area contributed by atoms with Gasteiger partial charge in [0.15, 0.2) is 0 Å². The summed E-state index contributed by atoms with van der Waals surface area (Å²) < 4.78 is 16.3. The molecule has 5 nitrogen and oxygen atoms in total. The average molecular weight is 310 g/mol.